The van der Waals surface area contributed by atoms with Crippen LogP contribution in [0.15, 0.2) is 24.4 Å². The van der Waals surface area contributed by atoms with Crippen LogP contribution in [-0.4, -0.2) is 16.9 Å². The van der Waals surface area contributed by atoms with Crippen molar-refractivity contribution in [2.75, 3.05) is 7.11 Å². The number of nitrogens with zero attached hydrogens (tertiary/aromatic N) is 3. The van der Waals surface area contributed by atoms with Crippen molar-refractivity contribution in [1.82, 2.24) is 15.1 Å². The molecule has 0 aliphatic rings. The van der Waals surface area contributed by atoms with Gasteiger partial charge in [-0.2, -0.15) is 10.4 Å². The molecule has 0 aliphatic heterocycles. The van der Waals surface area contributed by atoms with E-state index in [1.54, 1.807) is 7.11 Å². The summed E-state index contributed by atoms with van der Waals surface area (Å²) in [5, 5.41) is 16.7. The minimum absolute atomic E-state index is 0.560. The number of benzene rings is 1. The van der Waals surface area contributed by atoms with Crippen molar-refractivity contribution in [1.29, 1.82) is 5.26 Å². The Morgan fingerprint density at radius 3 is 2.80 bits per heavy atom. The molecular weight excluding hydrogens is 252 g/mol. The topological polar surface area (TPSA) is 62.9 Å². The normalized spacial score (nSPS) is 10.3. The predicted octanol–water partition coefficient (Wildman–Crippen LogP) is 1.90. The van der Waals surface area contributed by atoms with Crippen LogP contribution in [0, 0.1) is 18.3 Å². The highest BCUT2D eigenvalue weighted by Crippen LogP contribution is 2.18. The minimum atomic E-state index is 0.560. The van der Waals surface area contributed by atoms with Crippen LogP contribution in [0.25, 0.3) is 0 Å². The lowest BCUT2D eigenvalue weighted by atomic mass is 10.1. The van der Waals surface area contributed by atoms with Crippen LogP contribution in [0.2, 0.25) is 0 Å². The van der Waals surface area contributed by atoms with Gasteiger partial charge in [0.05, 0.1) is 18.4 Å². The molecule has 0 aliphatic carbocycles. The fraction of sp³-hybridized carbons (Fsp3) is 0.333. The monoisotopic (exact) mass is 270 g/mol. The van der Waals surface area contributed by atoms with Crippen LogP contribution < -0.4 is 10.1 Å². The fourth-order valence-corrected chi connectivity index (χ4v) is 2.12. The van der Waals surface area contributed by atoms with Crippen molar-refractivity contribution in [3.8, 4) is 11.8 Å². The second-order valence-electron chi connectivity index (χ2n) is 4.66. The van der Waals surface area contributed by atoms with E-state index in [0.29, 0.717) is 17.9 Å². The van der Waals surface area contributed by atoms with Gasteiger partial charge in [0.2, 0.25) is 0 Å². The molecule has 1 N–H and O–H groups in total. The molecule has 5 heteroatoms. The lowest BCUT2D eigenvalue weighted by Crippen LogP contribution is -2.13. The maximum Gasteiger partial charge on any atom is 0.136 e. The molecule has 0 atom stereocenters. The van der Waals surface area contributed by atoms with Crippen molar-refractivity contribution < 1.29 is 4.74 Å². The average molecular weight is 270 g/mol. The predicted molar refractivity (Wildman–Crippen MR) is 76.2 cm³/mol. The maximum atomic E-state index is 9.06. The number of hydrogen-bond donors (Lipinski definition) is 1. The SMILES string of the molecule is COc1ccc(CNCc2cn(C)nc2C)cc1C#N. The van der Waals surface area contributed by atoms with E-state index in [0.717, 1.165) is 17.8 Å². The van der Waals surface area contributed by atoms with E-state index in [-0.39, 0.29) is 0 Å². The summed E-state index contributed by atoms with van der Waals surface area (Å²) < 4.78 is 6.94. The number of methoxy groups -OCH3 is 1. The van der Waals surface area contributed by atoms with E-state index >= 15 is 0 Å². The first-order valence-corrected chi connectivity index (χ1v) is 6.41. The summed E-state index contributed by atoms with van der Waals surface area (Å²) in [7, 11) is 3.48. The maximum absolute atomic E-state index is 9.06. The summed E-state index contributed by atoms with van der Waals surface area (Å²) in [6.07, 6.45) is 2.01. The molecule has 2 rings (SSSR count). The third-order valence-electron chi connectivity index (χ3n) is 3.14. The van der Waals surface area contributed by atoms with Gasteiger partial charge in [-0.15, -0.1) is 0 Å². The van der Waals surface area contributed by atoms with Crippen LogP contribution in [-0.2, 0) is 20.1 Å². The molecule has 5 nitrogen and oxygen atoms in total. The molecule has 1 aromatic heterocycles. The first kappa shape index (κ1) is 14.1. The van der Waals surface area contributed by atoms with E-state index in [9.17, 15) is 0 Å². The average Bonchev–Trinajstić information content (AvgIpc) is 2.77. The number of nitriles is 1. The molecule has 104 valence electrons. The Balaban J connectivity index is 1.98. The molecule has 1 aromatic carbocycles. The number of aryl methyl sites for hydroxylation is 2. The van der Waals surface area contributed by atoms with Gasteiger partial charge in [0.1, 0.15) is 11.8 Å². The minimum Gasteiger partial charge on any atom is -0.495 e. The highest BCUT2D eigenvalue weighted by molar-refractivity contribution is 5.45. The Labute approximate surface area is 118 Å². The van der Waals surface area contributed by atoms with Gasteiger partial charge in [0, 0.05) is 31.9 Å². The first-order chi connectivity index (χ1) is 9.63. The van der Waals surface area contributed by atoms with Gasteiger partial charge in [0.15, 0.2) is 0 Å². The smallest absolute Gasteiger partial charge is 0.136 e. The Kier molecular flexibility index (Phi) is 4.38. The van der Waals surface area contributed by atoms with Crippen molar-refractivity contribution in [2.24, 2.45) is 7.05 Å². The Hall–Kier alpha value is -2.32. The molecule has 1 heterocycles. The van der Waals surface area contributed by atoms with Crippen molar-refractivity contribution >= 4 is 0 Å². The van der Waals surface area contributed by atoms with Crippen molar-refractivity contribution in [3.05, 3.63) is 46.8 Å². The van der Waals surface area contributed by atoms with E-state index in [4.69, 9.17) is 10.00 Å². The van der Waals surface area contributed by atoms with Crippen LogP contribution >= 0.6 is 0 Å². The Morgan fingerprint density at radius 1 is 1.40 bits per heavy atom. The van der Waals surface area contributed by atoms with E-state index in [1.165, 1.54) is 5.56 Å². The molecular formula is C15H18N4O. The summed E-state index contributed by atoms with van der Waals surface area (Å²) in [5.74, 6) is 0.611. The highest BCUT2D eigenvalue weighted by Gasteiger charge is 2.05. The summed E-state index contributed by atoms with van der Waals surface area (Å²) in [5.41, 5.74) is 3.84. The van der Waals surface area contributed by atoms with Crippen molar-refractivity contribution in [2.45, 2.75) is 20.0 Å². The lowest BCUT2D eigenvalue weighted by Gasteiger charge is -2.07. The second-order valence-corrected chi connectivity index (χ2v) is 4.66. The third kappa shape index (κ3) is 3.16. The van der Waals surface area contributed by atoms with Gasteiger partial charge in [-0.3, -0.25) is 4.68 Å². The van der Waals surface area contributed by atoms with Gasteiger partial charge in [0.25, 0.3) is 0 Å². The molecule has 0 saturated carbocycles. The molecule has 20 heavy (non-hydrogen) atoms. The van der Waals surface area contributed by atoms with Crippen LogP contribution in [0.4, 0.5) is 0 Å². The zero-order valence-electron chi connectivity index (χ0n) is 12.0. The number of ether oxygens (including phenoxy) is 1. The zero-order valence-corrected chi connectivity index (χ0v) is 12.0. The van der Waals surface area contributed by atoms with Gasteiger partial charge < -0.3 is 10.1 Å². The number of hydrogen-bond acceptors (Lipinski definition) is 4. The van der Waals surface area contributed by atoms with Crippen molar-refractivity contribution in [3.63, 3.8) is 0 Å². The fourth-order valence-electron chi connectivity index (χ4n) is 2.12. The largest absolute Gasteiger partial charge is 0.495 e. The molecule has 0 bridgehead atoms. The van der Waals surface area contributed by atoms with Gasteiger partial charge >= 0.3 is 0 Å². The standard InChI is InChI=1S/C15H18N4O/c1-11-14(10-19(2)18-11)9-17-8-12-4-5-15(20-3)13(6-12)7-16/h4-6,10,17H,8-9H2,1-3H3. The molecule has 0 amide bonds. The highest BCUT2D eigenvalue weighted by atomic mass is 16.5. The first-order valence-electron chi connectivity index (χ1n) is 6.41. The Bertz CT molecular complexity index is 640. The zero-order chi connectivity index (χ0) is 14.5. The quantitative estimate of drug-likeness (QED) is 0.901. The summed E-state index contributed by atoms with van der Waals surface area (Å²) >= 11 is 0. The Morgan fingerprint density at radius 2 is 2.20 bits per heavy atom. The summed E-state index contributed by atoms with van der Waals surface area (Å²) in [4.78, 5) is 0. The second kappa shape index (κ2) is 6.22. The molecule has 0 spiro atoms. The number of rotatable bonds is 5. The lowest BCUT2D eigenvalue weighted by molar-refractivity contribution is 0.413. The van der Waals surface area contributed by atoms with E-state index in [1.807, 2.05) is 43.0 Å². The van der Waals surface area contributed by atoms with Gasteiger partial charge in [-0.25, -0.2) is 0 Å². The molecule has 0 radical (unpaired) electrons. The van der Waals surface area contributed by atoms with Crippen LogP contribution in [0.5, 0.6) is 5.75 Å². The molecule has 0 saturated heterocycles. The number of aromatic nitrogens is 2. The summed E-state index contributed by atoms with van der Waals surface area (Å²) in [6.45, 7) is 3.46. The summed E-state index contributed by atoms with van der Waals surface area (Å²) in [6, 6.07) is 7.78. The molecule has 2 aromatic rings. The number of nitrogens with one attached hydrogen (secondary N) is 1. The van der Waals surface area contributed by atoms with E-state index < -0.39 is 0 Å². The van der Waals surface area contributed by atoms with Crippen LogP contribution in [0.1, 0.15) is 22.4 Å². The van der Waals surface area contributed by atoms with E-state index in [2.05, 4.69) is 16.5 Å². The van der Waals surface area contributed by atoms with Gasteiger partial charge in [-0.1, -0.05) is 6.07 Å². The van der Waals surface area contributed by atoms with Crippen LogP contribution in [0.3, 0.4) is 0 Å². The molecule has 0 unspecified atom stereocenters. The third-order valence-corrected chi connectivity index (χ3v) is 3.14. The van der Waals surface area contributed by atoms with Gasteiger partial charge in [-0.05, 0) is 24.6 Å². The molecule has 0 fully saturated rings.